The molecule has 1 aromatic heterocycles. The van der Waals surface area contributed by atoms with E-state index in [4.69, 9.17) is 5.73 Å². The smallest absolute Gasteiger partial charge is 0.142 e. The maximum Gasteiger partial charge on any atom is 0.142 e. The van der Waals surface area contributed by atoms with E-state index >= 15 is 0 Å². The van der Waals surface area contributed by atoms with Gasteiger partial charge in [0, 0.05) is 5.56 Å². The standard InChI is InChI=1S/C12H13N3/c1-8-3-4-10(5-9(8)2)11-6-14-7-12(13)15-11/h3-7H,1-2H3,(H2,13,15). The van der Waals surface area contributed by atoms with Crippen LogP contribution in [0.2, 0.25) is 0 Å². The van der Waals surface area contributed by atoms with Gasteiger partial charge in [0.2, 0.25) is 0 Å². The third-order valence-electron chi connectivity index (χ3n) is 2.46. The largest absolute Gasteiger partial charge is 0.382 e. The Hall–Kier alpha value is -1.90. The van der Waals surface area contributed by atoms with Crippen molar-refractivity contribution in [1.29, 1.82) is 0 Å². The van der Waals surface area contributed by atoms with Crippen molar-refractivity contribution in [3.63, 3.8) is 0 Å². The SMILES string of the molecule is Cc1ccc(-c2cncc(N)n2)cc1C. The van der Waals surface area contributed by atoms with Crippen molar-refractivity contribution in [2.45, 2.75) is 13.8 Å². The zero-order valence-electron chi connectivity index (χ0n) is 8.86. The number of anilines is 1. The van der Waals surface area contributed by atoms with Crippen LogP contribution in [0.5, 0.6) is 0 Å². The Kier molecular flexibility index (Phi) is 2.37. The molecule has 3 heteroatoms. The molecule has 0 aliphatic heterocycles. The van der Waals surface area contributed by atoms with Crippen molar-refractivity contribution in [3.05, 3.63) is 41.7 Å². The number of nitrogens with zero attached hydrogens (tertiary/aromatic N) is 2. The second kappa shape index (κ2) is 3.69. The minimum absolute atomic E-state index is 0.450. The minimum atomic E-state index is 0.450. The van der Waals surface area contributed by atoms with Crippen molar-refractivity contribution in [1.82, 2.24) is 9.97 Å². The topological polar surface area (TPSA) is 51.8 Å². The molecule has 2 rings (SSSR count). The van der Waals surface area contributed by atoms with Crippen LogP contribution < -0.4 is 5.73 Å². The van der Waals surface area contributed by atoms with Gasteiger partial charge in [-0.3, -0.25) is 4.98 Å². The Morgan fingerprint density at radius 1 is 1.07 bits per heavy atom. The van der Waals surface area contributed by atoms with Crippen molar-refractivity contribution < 1.29 is 0 Å². The monoisotopic (exact) mass is 199 g/mol. The summed E-state index contributed by atoms with van der Waals surface area (Å²) in [5.41, 5.74) is 9.98. The molecule has 2 N–H and O–H groups in total. The summed E-state index contributed by atoms with van der Waals surface area (Å²) in [7, 11) is 0. The summed E-state index contributed by atoms with van der Waals surface area (Å²) in [6, 6.07) is 6.21. The summed E-state index contributed by atoms with van der Waals surface area (Å²) in [6.45, 7) is 4.17. The number of benzene rings is 1. The molecule has 0 bridgehead atoms. The van der Waals surface area contributed by atoms with E-state index in [9.17, 15) is 0 Å². The van der Waals surface area contributed by atoms with Gasteiger partial charge in [-0.25, -0.2) is 4.98 Å². The zero-order valence-corrected chi connectivity index (χ0v) is 8.86. The highest BCUT2D eigenvalue weighted by Crippen LogP contribution is 2.19. The molecule has 0 aliphatic carbocycles. The molecule has 15 heavy (non-hydrogen) atoms. The highest BCUT2D eigenvalue weighted by Gasteiger charge is 2.01. The fourth-order valence-electron chi connectivity index (χ4n) is 1.42. The van der Waals surface area contributed by atoms with Gasteiger partial charge in [0.25, 0.3) is 0 Å². The molecule has 0 amide bonds. The van der Waals surface area contributed by atoms with Crippen LogP contribution in [0.25, 0.3) is 11.3 Å². The predicted octanol–water partition coefficient (Wildman–Crippen LogP) is 2.34. The highest BCUT2D eigenvalue weighted by atomic mass is 14.9. The van der Waals surface area contributed by atoms with E-state index in [0.29, 0.717) is 5.82 Å². The number of aryl methyl sites for hydroxylation is 2. The van der Waals surface area contributed by atoms with Crippen LogP contribution in [0.4, 0.5) is 5.82 Å². The zero-order chi connectivity index (χ0) is 10.8. The number of rotatable bonds is 1. The van der Waals surface area contributed by atoms with E-state index in [-0.39, 0.29) is 0 Å². The number of aromatic nitrogens is 2. The average molecular weight is 199 g/mol. The van der Waals surface area contributed by atoms with Crippen LogP contribution in [0.1, 0.15) is 11.1 Å². The van der Waals surface area contributed by atoms with E-state index < -0.39 is 0 Å². The maximum absolute atomic E-state index is 5.59. The van der Waals surface area contributed by atoms with Gasteiger partial charge in [-0.05, 0) is 31.0 Å². The molecule has 1 aromatic carbocycles. The van der Waals surface area contributed by atoms with Gasteiger partial charge in [-0.1, -0.05) is 12.1 Å². The van der Waals surface area contributed by atoms with E-state index in [2.05, 4.69) is 35.9 Å². The minimum Gasteiger partial charge on any atom is -0.382 e. The number of hydrogen-bond donors (Lipinski definition) is 1. The van der Waals surface area contributed by atoms with E-state index in [1.165, 1.54) is 11.1 Å². The molecule has 0 radical (unpaired) electrons. The summed E-state index contributed by atoms with van der Waals surface area (Å²) in [5.74, 6) is 0.450. The quantitative estimate of drug-likeness (QED) is 0.767. The fourth-order valence-corrected chi connectivity index (χ4v) is 1.42. The third-order valence-corrected chi connectivity index (χ3v) is 2.46. The summed E-state index contributed by atoms with van der Waals surface area (Å²) in [4.78, 5) is 8.25. The Balaban J connectivity index is 2.50. The molecule has 76 valence electrons. The molecular formula is C12H13N3. The molecule has 0 atom stereocenters. The Morgan fingerprint density at radius 2 is 1.87 bits per heavy atom. The summed E-state index contributed by atoms with van der Waals surface area (Å²) in [6.07, 6.45) is 3.27. The van der Waals surface area contributed by atoms with Crippen molar-refractivity contribution in [2.75, 3.05) is 5.73 Å². The van der Waals surface area contributed by atoms with Crippen molar-refractivity contribution >= 4 is 5.82 Å². The molecule has 0 aliphatic rings. The van der Waals surface area contributed by atoms with Crippen LogP contribution in [-0.2, 0) is 0 Å². The molecule has 0 spiro atoms. The van der Waals surface area contributed by atoms with Crippen LogP contribution in [0.15, 0.2) is 30.6 Å². The van der Waals surface area contributed by atoms with Gasteiger partial charge in [-0.2, -0.15) is 0 Å². The van der Waals surface area contributed by atoms with Crippen LogP contribution in [0.3, 0.4) is 0 Å². The summed E-state index contributed by atoms with van der Waals surface area (Å²) >= 11 is 0. The van der Waals surface area contributed by atoms with Crippen LogP contribution >= 0.6 is 0 Å². The molecule has 0 unspecified atom stereocenters. The number of nitrogens with two attached hydrogens (primary N) is 1. The molecule has 0 saturated heterocycles. The van der Waals surface area contributed by atoms with E-state index in [1.54, 1.807) is 12.4 Å². The Bertz CT molecular complexity index is 492. The summed E-state index contributed by atoms with van der Waals surface area (Å²) in [5, 5.41) is 0. The molecule has 0 saturated carbocycles. The van der Waals surface area contributed by atoms with Crippen LogP contribution in [0, 0.1) is 13.8 Å². The lowest BCUT2D eigenvalue weighted by Gasteiger charge is -2.04. The highest BCUT2D eigenvalue weighted by molar-refractivity contribution is 5.61. The first kappa shape index (κ1) is 9.65. The van der Waals surface area contributed by atoms with E-state index in [1.807, 2.05) is 6.07 Å². The molecule has 3 nitrogen and oxygen atoms in total. The van der Waals surface area contributed by atoms with Gasteiger partial charge < -0.3 is 5.73 Å². The third kappa shape index (κ3) is 1.96. The number of nitrogen functional groups attached to an aromatic ring is 1. The predicted molar refractivity (Wildman–Crippen MR) is 61.4 cm³/mol. The molecule has 2 aromatic rings. The Morgan fingerprint density at radius 3 is 2.53 bits per heavy atom. The second-order valence-corrected chi connectivity index (χ2v) is 3.63. The lowest BCUT2D eigenvalue weighted by Crippen LogP contribution is -1.94. The van der Waals surface area contributed by atoms with Gasteiger partial charge in [0.15, 0.2) is 0 Å². The molecule has 0 fully saturated rings. The van der Waals surface area contributed by atoms with Crippen LogP contribution in [-0.4, -0.2) is 9.97 Å². The Labute approximate surface area is 89.0 Å². The van der Waals surface area contributed by atoms with Crippen molar-refractivity contribution in [3.8, 4) is 11.3 Å². The van der Waals surface area contributed by atoms with Gasteiger partial charge in [-0.15, -0.1) is 0 Å². The molecule has 1 heterocycles. The lowest BCUT2D eigenvalue weighted by molar-refractivity contribution is 1.21. The number of hydrogen-bond acceptors (Lipinski definition) is 3. The van der Waals surface area contributed by atoms with Gasteiger partial charge in [0.1, 0.15) is 5.82 Å². The first-order valence-corrected chi connectivity index (χ1v) is 4.82. The van der Waals surface area contributed by atoms with Crippen molar-refractivity contribution in [2.24, 2.45) is 0 Å². The van der Waals surface area contributed by atoms with Gasteiger partial charge in [0.05, 0.1) is 18.1 Å². The summed E-state index contributed by atoms with van der Waals surface area (Å²) < 4.78 is 0. The van der Waals surface area contributed by atoms with Gasteiger partial charge >= 0.3 is 0 Å². The second-order valence-electron chi connectivity index (χ2n) is 3.63. The maximum atomic E-state index is 5.59. The fraction of sp³-hybridized carbons (Fsp3) is 0.167. The normalized spacial score (nSPS) is 10.3. The van der Waals surface area contributed by atoms with E-state index in [0.717, 1.165) is 11.3 Å². The first-order valence-electron chi connectivity index (χ1n) is 4.82. The lowest BCUT2D eigenvalue weighted by atomic mass is 10.0. The first-order chi connectivity index (χ1) is 7.16. The molecular weight excluding hydrogens is 186 g/mol. The average Bonchev–Trinajstić information content (AvgIpc) is 2.22.